The molecule has 8 heteroatoms. The van der Waals surface area contributed by atoms with Crippen LogP contribution in [0.25, 0.3) is 6.08 Å². The minimum atomic E-state index is -4.08. The highest BCUT2D eigenvalue weighted by molar-refractivity contribution is 9.10. The van der Waals surface area contributed by atoms with Crippen LogP contribution in [0.5, 0.6) is 5.75 Å². The Kier molecular flexibility index (Phi) is 5.70. The van der Waals surface area contributed by atoms with E-state index >= 15 is 0 Å². The molecule has 0 fully saturated rings. The fraction of sp³-hybridized carbons (Fsp3) is 0.0625. The number of halogens is 3. The lowest BCUT2D eigenvalue weighted by Gasteiger charge is -2.08. The number of alkyl halides is 2. The van der Waals surface area contributed by atoms with Crippen LogP contribution in [-0.2, 0) is 9.84 Å². The maximum atomic E-state index is 12.5. The molecule has 0 spiro atoms. The number of rotatable bonds is 5. The number of benzene rings is 2. The van der Waals surface area contributed by atoms with E-state index < -0.39 is 21.4 Å². The molecule has 4 nitrogen and oxygen atoms in total. The lowest BCUT2D eigenvalue weighted by molar-refractivity contribution is -0.0499. The third kappa shape index (κ3) is 4.19. The largest absolute Gasteiger partial charge is 0.434 e. The zero-order valence-corrected chi connectivity index (χ0v) is 14.4. The molecule has 124 valence electrons. The van der Waals surface area contributed by atoms with Crippen molar-refractivity contribution in [3.63, 3.8) is 0 Å². The molecule has 0 aliphatic carbocycles. The smallest absolute Gasteiger partial charge is 0.387 e. The first-order valence-corrected chi connectivity index (χ1v) is 8.78. The molecule has 0 bridgehead atoms. The van der Waals surface area contributed by atoms with E-state index in [2.05, 4.69) is 20.7 Å². The third-order valence-electron chi connectivity index (χ3n) is 2.95. The SMILES string of the molecule is N#C/C(=C\c1ccccc1OC(F)F)S(=O)(=O)c1ccc(Br)cc1. The van der Waals surface area contributed by atoms with E-state index in [9.17, 15) is 22.5 Å². The molecule has 0 unspecified atom stereocenters. The fourth-order valence-electron chi connectivity index (χ4n) is 1.85. The van der Waals surface area contributed by atoms with Crippen LogP contribution in [0.2, 0.25) is 0 Å². The first-order chi connectivity index (χ1) is 11.3. The average molecular weight is 414 g/mol. The summed E-state index contributed by atoms with van der Waals surface area (Å²) < 4.78 is 54.9. The minimum Gasteiger partial charge on any atom is -0.434 e. The second kappa shape index (κ2) is 7.55. The number of sulfone groups is 1. The molecule has 0 amide bonds. The van der Waals surface area contributed by atoms with Crippen LogP contribution in [0.1, 0.15) is 5.56 Å². The molecule has 0 saturated carbocycles. The van der Waals surface area contributed by atoms with E-state index in [1.54, 1.807) is 6.07 Å². The highest BCUT2D eigenvalue weighted by atomic mass is 79.9. The van der Waals surface area contributed by atoms with E-state index in [4.69, 9.17) is 0 Å². The third-order valence-corrected chi connectivity index (χ3v) is 5.15. The van der Waals surface area contributed by atoms with Crippen LogP contribution >= 0.6 is 15.9 Å². The quantitative estimate of drug-likeness (QED) is 0.681. The molecule has 24 heavy (non-hydrogen) atoms. The van der Waals surface area contributed by atoms with Gasteiger partial charge in [0.15, 0.2) is 0 Å². The molecule has 0 N–H and O–H groups in total. The molecule has 2 aromatic carbocycles. The topological polar surface area (TPSA) is 67.2 Å². The predicted molar refractivity (Wildman–Crippen MR) is 88.0 cm³/mol. The number of nitriles is 1. The Morgan fingerprint density at radius 2 is 1.79 bits per heavy atom. The molecule has 0 aliphatic heterocycles. The molecule has 0 heterocycles. The average Bonchev–Trinajstić information content (AvgIpc) is 2.53. The molecular formula is C16H10BrF2NO3S. The second-order valence-electron chi connectivity index (χ2n) is 4.49. The molecule has 2 aromatic rings. The number of hydrogen-bond acceptors (Lipinski definition) is 4. The van der Waals surface area contributed by atoms with Crippen molar-refractivity contribution in [3.05, 3.63) is 63.5 Å². The number of para-hydroxylation sites is 1. The van der Waals surface area contributed by atoms with Gasteiger partial charge in [-0.2, -0.15) is 14.0 Å². The minimum absolute atomic E-state index is 0.0648. The Balaban J connectivity index is 2.51. The first kappa shape index (κ1) is 18.1. The number of allylic oxidation sites excluding steroid dienone is 1. The standard InChI is InChI=1S/C16H10BrF2NO3S/c17-12-5-7-13(8-6-12)24(21,22)14(10-20)9-11-3-1-2-4-15(11)23-16(18)19/h1-9,16H/b14-9+. The van der Waals surface area contributed by atoms with Gasteiger partial charge in [0, 0.05) is 10.0 Å². The Morgan fingerprint density at radius 1 is 1.17 bits per heavy atom. The molecule has 0 radical (unpaired) electrons. The highest BCUT2D eigenvalue weighted by Gasteiger charge is 2.21. The second-order valence-corrected chi connectivity index (χ2v) is 7.33. The van der Waals surface area contributed by atoms with Gasteiger partial charge in [0.25, 0.3) is 0 Å². The van der Waals surface area contributed by atoms with Gasteiger partial charge in [0.05, 0.1) is 4.90 Å². The summed E-state index contributed by atoms with van der Waals surface area (Å²) in [7, 11) is -4.08. The van der Waals surface area contributed by atoms with Crippen LogP contribution < -0.4 is 4.74 Å². The summed E-state index contributed by atoms with van der Waals surface area (Å²) in [5, 5.41) is 9.22. The molecule has 0 aromatic heterocycles. The van der Waals surface area contributed by atoms with Crippen molar-refractivity contribution >= 4 is 31.8 Å². The monoisotopic (exact) mass is 413 g/mol. The van der Waals surface area contributed by atoms with E-state index in [1.807, 2.05) is 0 Å². The van der Waals surface area contributed by atoms with E-state index in [0.717, 1.165) is 6.08 Å². The van der Waals surface area contributed by atoms with Gasteiger partial charge in [-0.25, -0.2) is 8.42 Å². The van der Waals surface area contributed by atoms with Gasteiger partial charge in [-0.1, -0.05) is 34.1 Å². The number of nitrogens with zero attached hydrogens (tertiary/aromatic N) is 1. The Hall–Kier alpha value is -2.24. The molecule has 0 aliphatic rings. The molecule has 0 atom stereocenters. The number of hydrogen-bond donors (Lipinski definition) is 0. The Bertz CT molecular complexity index is 904. The lowest BCUT2D eigenvalue weighted by atomic mass is 10.2. The number of ether oxygens (including phenoxy) is 1. The van der Waals surface area contributed by atoms with Gasteiger partial charge < -0.3 is 4.74 Å². The van der Waals surface area contributed by atoms with Crippen molar-refractivity contribution in [2.24, 2.45) is 0 Å². The van der Waals surface area contributed by atoms with E-state index in [0.29, 0.717) is 4.47 Å². The van der Waals surface area contributed by atoms with Crippen molar-refractivity contribution in [1.29, 1.82) is 5.26 Å². The summed E-state index contributed by atoms with van der Waals surface area (Å²) >= 11 is 3.19. The van der Waals surface area contributed by atoms with Gasteiger partial charge >= 0.3 is 6.61 Å². The highest BCUT2D eigenvalue weighted by Crippen LogP contribution is 2.27. The van der Waals surface area contributed by atoms with Crippen molar-refractivity contribution in [2.75, 3.05) is 0 Å². The first-order valence-electron chi connectivity index (χ1n) is 6.51. The van der Waals surface area contributed by atoms with Crippen molar-refractivity contribution in [2.45, 2.75) is 11.5 Å². The van der Waals surface area contributed by atoms with E-state index in [-0.39, 0.29) is 16.2 Å². The van der Waals surface area contributed by atoms with Crippen molar-refractivity contribution in [3.8, 4) is 11.8 Å². The fourth-order valence-corrected chi connectivity index (χ4v) is 3.27. The summed E-state index contributed by atoms with van der Waals surface area (Å²) in [6.45, 7) is -3.06. The summed E-state index contributed by atoms with van der Waals surface area (Å²) in [4.78, 5) is -0.652. The summed E-state index contributed by atoms with van der Waals surface area (Å²) in [6.07, 6.45) is 1.01. The summed E-state index contributed by atoms with van der Waals surface area (Å²) in [6, 6.07) is 13.0. The van der Waals surface area contributed by atoms with Crippen LogP contribution in [0.15, 0.2) is 62.8 Å². The van der Waals surface area contributed by atoms with Gasteiger partial charge in [-0.15, -0.1) is 0 Å². The van der Waals surface area contributed by atoms with Gasteiger partial charge in [0.1, 0.15) is 16.7 Å². The van der Waals surface area contributed by atoms with Crippen molar-refractivity contribution in [1.82, 2.24) is 0 Å². The molecule has 2 rings (SSSR count). The van der Waals surface area contributed by atoms with Gasteiger partial charge in [-0.05, 0) is 36.4 Å². The van der Waals surface area contributed by atoms with Crippen LogP contribution in [0.3, 0.4) is 0 Å². The lowest BCUT2D eigenvalue weighted by Crippen LogP contribution is -2.05. The predicted octanol–water partition coefficient (Wildman–Crippen LogP) is 4.39. The normalized spacial score (nSPS) is 12.0. The summed E-state index contributed by atoms with van der Waals surface area (Å²) in [5.74, 6) is -0.216. The van der Waals surface area contributed by atoms with Gasteiger partial charge in [-0.3, -0.25) is 0 Å². The van der Waals surface area contributed by atoms with Crippen LogP contribution in [0, 0.1) is 11.3 Å². The zero-order chi connectivity index (χ0) is 17.7. The zero-order valence-electron chi connectivity index (χ0n) is 12.0. The van der Waals surface area contributed by atoms with Gasteiger partial charge in [0.2, 0.25) is 9.84 Å². The van der Waals surface area contributed by atoms with Crippen LogP contribution in [-0.4, -0.2) is 15.0 Å². The van der Waals surface area contributed by atoms with E-state index in [1.165, 1.54) is 48.5 Å². The molecular weight excluding hydrogens is 404 g/mol. The maximum Gasteiger partial charge on any atom is 0.387 e. The summed E-state index contributed by atoms with van der Waals surface area (Å²) in [5.41, 5.74) is 0.0648. The van der Waals surface area contributed by atoms with Crippen molar-refractivity contribution < 1.29 is 21.9 Å². The Morgan fingerprint density at radius 3 is 2.38 bits per heavy atom. The Labute approximate surface area is 146 Å². The van der Waals surface area contributed by atoms with Crippen LogP contribution in [0.4, 0.5) is 8.78 Å². The maximum absolute atomic E-state index is 12.5. The molecule has 0 saturated heterocycles.